The summed E-state index contributed by atoms with van der Waals surface area (Å²) in [5.41, 5.74) is 6.32. The zero-order valence-corrected chi connectivity index (χ0v) is 11.0. The summed E-state index contributed by atoms with van der Waals surface area (Å²) < 4.78 is 0. The van der Waals surface area contributed by atoms with Gasteiger partial charge in [-0.3, -0.25) is 4.90 Å². The molecule has 1 aromatic rings. The van der Waals surface area contributed by atoms with Crippen LogP contribution in [0.1, 0.15) is 12.8 Å². The highest BCUT2D eigenvalue weighted by Crippen LogP contribution is 2.45. The van der Waals surface area contributed by atoms with Crippen molar-refractivity contribution in [2.24, 2.45) is 11.1 Å². The van der Waals surface area contributed by atoms with Gasteiger partial charge in [0.05, 0.1) is 0 Å². The van der Waals surface area contributed by atoms with Crippen molar-refractivity contribution in [1.82, 2.24) is 9.88 Å². The van der Waals surface area contributed by atoms with E-state index in [4.69, 9.17) is 5.73 Å². The van der Waals surface area contributed by atoms with E-state index in [1.807, 2.05) is 6.20 Å². The number of rotatable bonds is 4. The van der Waals surface area contributed by atoms with Gasteiger partial charge in [-0.15, -0.1) is 11.3 Å². The number of piperazine rings is 1. The molecule has 0 spiro atoms. The van der Waals surface area contributed by atoms with Crippen molar-refractivity contribution in [3.8, 4) is 0 Å². The summed E-state index contributed by atoms with van der Waals surface area (Å²) in [4.78, 5) is 9.34. The Morgan fingerprint density at radius 2 is 2.06 bits per heavy atom. The first-order valence-corrected chi connectivity index (χ1v) is 7.26. The highest BCUT2D eigenvalue weighted by atomic mass is 32.1. The maximum Gasteiger partial charge on any atom is 0.185 e. The van der Waals surface area contributed by atoms with E-state index in [0.717, 1.165) is 32.7 Å². The maximum atomic E-state index is 5.85. The van der Waals surface area contributed by atoms with Gasteiger partial charge in [0.1, 0.15) is 0 Å². The van der Waals surface area contributed by atoms with Gasteiger partial charge < -0.3 is 10.6 Å². The molecule has 0 aromatic carbocycles. The molecule has 17 heavy (non-hydrogen) atoms. The fraction of sp³-hybridized carbons (Fsp3) is 0.750. The van der Waals surface area contributed by atoms with Crippen molar-refractivity contribution >= 4 is 16.5 Å². The van der Waals surface area contributed by atoms with Gasteiger partial charge in [-0.25, -0.2) is 4.98 Å². The Labute approximate surface area is 106 Å². The fourth-order valence-electron chi connectivity index (χ4n) is 2.55. The number of anilines is 1. The number of hydrogen-bond acceptors (Lipinski definition) is 5. The van der Waals surface area contributed by atoms with Crippen molar-refractivity contribution in [1.29, 1.82) is 0 Å². The first-order chi connectivity index (χ1) is 8.31. The summed E-state index contributed by atoms with van der Waals surface area (Å²) in [6.45, 7) is 6.58. The molecule has 0 bridgehead atoms. The van der Waals surface area contributed by atoms with Crippen molar-refractivity contribution in [3.05, 3.63) is 11.6 Å². The van der Waals surface area contributed by atoms with Crippen LogP contribution < -0.4 is 10.6 Å². The van der Waals surface area contributed by atoms with Crippen molar-refractivity contribution in [2.45, 2.75) is 12.8 Å². The molecule has 0 atom stereocenters. The van der Waals surface area contributed by atoms with Crippen LogP contribution in [0.25, 0.3) is 0 Å². The Morgan fingerprint density at radius 1 is 1.29 bits per heavy atom. The van der Waals surface area contributed by atoms with E-state index in [-0.39, 0.29) is 0 Å². The molecule has 1 aliphatic carbocycles. The lowest BCUT2D eigenvalue weighted by Crippen LogP contribution is -2.48. The van der Waals surface area contributed by atoms with Crippen LogP contribution in [0, 0.1) is 5.41 Å². The minimum Gasteiger partial charge on any atom is -0.346 e. The largest absolute Gasteiger partial charge is 0.346 e. The smallest absolute Gasteiger partial charge is 0.185 e. The van der Waals surface area contributed by atoms with Crippen molar-refractivity contribution in [2.75, 3.05) is 44.2 Å². The van der Waals surface area contributed by atoms with Gasteiger partial charge in [0, 0.05) is 44.3 Å². The monoisotopic (exact) mass is 252 g/mol. The van der Waals surface area contributed by atoms with Crippen LogP contribution >= 0.6 is 11.3 Å². The summed E-state index contributed by atoms with van der Waals surface area (Å²) in [5, 5.41) is 3.22. The lowest BCUT2D eigenvalue weighted by atomic mass is 10.1. The van der Waals surface area contributed by atoms with E-state index in [0.29, 0.717) is 5.41 Å². The topological polar surface area (TPSA) is 45.4 Å². The summed E-state index contributed by atoms with van der Waals surface area (Å²) in [6, 6.07) is 0. The molecule has 94 valence electrons. The number of hydrogen-bond donors (Lipinski definition) is 1. The Morgan fingerprint density at radius 3 is 2.59 bits per heavy atom. The quantitative estimate of drug-likeness (QED) is 0.868. The van der Waals surface area contributed by atoms with Crippen LogP contribution in [0.5, 0.6) is 0 Å². The zero-order valence-electron chi connectivity index (χ0n) is 10.1. The Bertz CT molecular complexity index is 353. The fourth-order valence-corrected chi connectivity index (χ4v) is 3.24. The van der Waals surface area contributed by atoms with Crippen LogP contribution in [-0.4, -0.2) is 49.2 Å². The van der Waals surface area contributed by atoms with Crippen LogP contribution in [-0.2, 0) is 0 Å². The van der Waals surface area contributed by atoms with Crippen molar-refractivity contribution < 1.29 is 0 Å². The molecule has 1 aromatic heterocycles. The Hall–Kier alpha value is -0.650. The highest BCUT2D eigenvalue weighted by Gasteiger charge is 2.42. The van der Waals surface area contributed by atoms with Gasteiger partial charge in [-0.2, -0.15) is 0 Å². The molecule has 1 saturated heterocycles. The van der Waals surface area contributed by atoms with Gasteiger partial charge in [0.2, 0.25) is 0 Å². The molecule has 2 aliphatic rings. The minimum absolute atomic E-state index is 0.476. The molecular formula is C12H20N4S. The highest BCUT2D eigenvalue weighted by molar-refractivity contribution is 7.13. The molecule has 0 amide bonds. The first-order valence-electron chi connectivity index (χ1n) is 6.38. The molecule has 2 fully saturated rings. The van der Waals surface area contributed by atoms with Gasteiger partial charge in [0.25, 0.3) is 0 Å². The van der Waals surface area contributed by atoms with Crippen LogP contribution in [0.15, 0.2) is 11.6 Å². The zero-order chi connectivity index (χ0) is 11.7. The van der Waals surface area contributed by atoms with Crippen LogP contribution in [0.4, 0.5) is 5.13 Å². The third-order valence-electron chi connectivity index (χ3n) is 4.01. The first kappa shape index (κ1) is 11.4. The van der Waals surface area contributed by atoms with Crippen molar-refractivity contribution in [3.63, 3.8) is 0 Å². The summed E-state index contributed by atoms with van der Waals surface area (Å²) >= 11 is 1.74. The second-order valence-corrected chi connectivity index (χ2v) is 6.16. The molecule has 0 unspecified atom stereocenters. The van der Waals surface area contributed by atoms with Crippen LogP contribution in [0.3, 0.4) is 0 Å². The van der Waals surface area contributed by atoms with E-state index in [1.54, 1.807) is 11.3 Å². The standard InChI is InChI=1S/C12H20N4S/c13-9-12(1-2-12)10-15-4-6-16(7-5-15)11-14-3-8-17-11/h3,8H,1-2,4-7,9-10,13H2. The van der Waals surface area contributed by atoms with E-state index >= 15 is 0 Å². The molecule has 1 aliphatic heterocycles. The molecule has 5 heteroatoms. The predicted octanol–water partition coefficient (Wildman–Crippen LogP) is 1.00. The third kappa shape index (κ3) is 2.46. The third-order valence-corrected chi connectivity index (χ3v) is 4.84. The average molecular weight is 252 g/mol. The van der Waals surface area contributed by atoms with Gasteiger partial charge >= 0.3 is 0 Å². The van der Waals surface area contributed by atoms with E-state index in [1.165, 1.54) is 24.5 Å². The Kier molecular flexibility index (Phi) is 3.06. The van der Waals surface area contributed by atoms with Gasteiger partial charge in [-0.05, 0) is 24.8 Å². The predicted molar refractivity (Wildman–Crippen MR) is 71.5 cm³/mol. The van der Waals surface area contributed by atoms with E-state index < -0.39 is 0 Å². The normalized spacial score (nSPS) is 23.9. The molecule has 2 heterocycles. The summed E-state index contributed by atoms with van der Waals surface area (Å²) in [5.74, 6) is 0. The Balaban J connectivity index is 1.51. The minimum atomic E-state index is 0.476. The molecule has 3 rings (SSSR count). The second kappa shape index (κ2) is 4.55. The maximum absolute atomic E-state index is 5.85. The second-order valence-electron chi connectivity index (χ2n) is 5.28. The van der Waals surface area contributed by atoms with E-state index in [2.05, 4.69) is 20.2 Å². The molecule has 0 radical (unpaired) electrons. The lowest BCUT2D eigenvalue weighted by molar-refractivity contribution is 0.211. The molecule has 4 nitrogen and oxygen atoms in total. The number of nitrogens with two attached hydrogens (primary N) is 1. The molecule has 1 saturated carbocycles. The van der Waals surface area contributed by atoms with Crippen LogP contribution in [0.2, 0.25) is 0 Å². The number of nitrogens with zero attached hydrogens (tertiary/aromatic N) is 3. The lowest BCUT2D eigenvalue weighted by Gasteiger charge is -2.36. The number of aromatic nitrogens is 1. The SMILES string of the molecule is NCC1(CN2CCN(c3nccs3)CC2)CC1. The van der Waals surface area contributed by atoms with Gasteiger partial charge in [0.15, 0.2) is 5.13 Å². The molecule has 2 N–H and O–H groups in total. The number of thiazole rings is 1. The molecular weight excluding hydrogens is 232 g/mol. The summed E-state index contributed by atoms with van der Waals surface area (Å²) in [7, 11) is 0. The van der Waals surface area contributed by atoms with E-state index in [9.17, 15) is 0 Å². The van der Waals surface area contributed by atoms with Gasteiger partial charge in [-0.1, -0.05) is 0 Å². The summed E-state index contributed by atoms with van der Waals surface area (Å²) in [6.07, 6.45) is 4.55. The average Bonchev–Trinajstić information content (AvgIpc) is 2.92.